The van der Waals surface area contributed by atoms with Gasteiger partial charge in [-0.15, -0.1) is 0 Å². The Morgan fingerprint density at radius 2 is 2.09 bits per heavy atom. The highest BCUT2D eigenvalue weighted by Gasteiger charge is 2.18. The monoisotopic (exact) mass is 304 g/mol. The van der Waals surface area contributed by atoms with E-state index in [0.29, 0.717) is 25.0 Å². The van der Waals surface area contributed by atoms with Crippen molar-refractivity contribution in [1.82, 2.24) is 14.9 Å². The standard InChI is InChI=1S/C16H24N4O2/c1-12-11-14(18-16(17-12)22-4)19(2)9-10-20(3)15(21)8-7-13-5-6-13/h7-8,11,13H,5-6,9-10H2,1-4H3/b8-7+. The number of hydrogen-bond donors (Lipinski definition) is 0. The van der Waals surface area contributed by atoms with Gasteiger partial charge in [0.25, 0.3) is 0 Å². The first-order valence-corrected chi connectivity index (χ1v) is 7.53. The summed E-state index contributed by atoms with van der Waals surface area (Å²) in [6, 6.07) is 2.26. The number of aromatic nitrogens is 2. The van der Waals surface area contributed by atoms with Crippen LogP contribution in [0.2, 0.25) is 0 Å². The highest BCUT2D eigenvalue weighted by atomic mass is 16.5. The van der Waals surface area contributed by atoms with Gasteiger partial charge in [0.15, 0.2) is 0 Å². The van der Waals surface area contributed by atoms with Gasteiger partial charge < -0.3 is 14.5 Å². The van der Waals surface area contributed by atoms with Gasteiger partial charge in [-0.05, 0) is 31.8 Å². The lowest BCUT2D eigenvalue weighted by molar-refractivity contribution is -0.124. The molecule has 1 aromatic rings. The van der Waals surface area contributed by atoms with Crippen LogP contribution in [-0.4, -0.2) is 55.1 Å². The van der Waals surface area contributed by atoms with Gasteiger partial charge in [-0.25, -0.2) is 4.98 Å². The average molecular weight is 304 g/mol. The van der Waals surface area contributed by atoms with Crippen molar-refractivity contribution in [1.29, 1.82) is 0 Å². The molecule has 1 heterocycles. The minimum Gasteiger partial charge on any atom is -0.467 e. The molecule has 120 valence electrons. The summed E-state index contributed by atoms with van der Waals surface area (Å²) >= 11 is 0. The van der Waals surface area contributed by atoms with Crippen molar-refractivity contribution in [2.75, 3.05) is 39.2 Å². The molecule has 1 fully saturated rings. The molecular weight excluding hydrogens is 280 g/mol. The fourth-order valence-corrected chi connectivity index (χ4v) is 1.97. The number of aryl methyl sites for hydroxylation is 1. The third kappa shape index (κ3) is 4.72. The zero-order valence-corrected chi connectivity index (χ0v) is 13.7. The number of carbonyl (C=O) groups excluding carboxylic acids is 1. The van der Waals surface area contributed by atoms with Crippen LogP contribution in [0, 0.1) is 12.8 Å². The van der Waals surface area contributed by atoms with Crippen LogP contribution in [0.3, 0.4) is 0 Å². The summed E-state index contributed by atoms with van der Waals surface area (Å²) in [5.41, 5.74) is 0.852. The van der Waals surface area contributed by atoms with Gasteiger partial charge in [-0.3, -0.25) is 4.79 Å². The molecule has 1 aliphatic rings. The Kier molecular flexibility index (Phi) is 5.35. The summed E-state index contributed by atoms with van der Waals surface area (Å²) in [5, 5.41) is 0. The van der Waals surface area contributed by atoms with E-state index in [9.17, 15) is 4.79 Å². The Balaban J connectivity index is 1.87. The van der Waals surface area contributed by atoms with E-state index in [4.69, 9.17) is 4.74 Å². The fourth-order valence-electron chi connectivity index (χ4n) is 1.97. The molecule has 0 unspecified atom stereocenters. The number of anilines is 1. The van der Waals surface area contributed by atoms with Crippen LogP contribution in [0.1, 0.15) is 18.5 Å². The van der Waals surface area contributed by atoms with E-state index in [2.05, 4.69) is 9.97 Å². The summed E-state index contributed by atoms with van der Waals surface area (Å²) in [7, 11) is 5.32. The number of nitrogens with zero attached hydrogens (tertiary/aromatic N) is 4. The lowest BCUT2D eigenvalue weighted by Crippen LogP contribution is -2.34. The van der Waals surface area contributed by atoms with Gasteiger partial charge in [0.05, 0.1) is 7.11 Å². The van der Waals surface area contributed by atoms with Gasteiger partial charge >= 0.3 is 6.01 Å². The Hall–Kier alpha value is -2.11. The van der Waals surface area contributed by atoms with Crippen LogP contribution in [0.25, 0.3) is 0 Å². The molecule has 0 N–H and O–H groups in total. The van der Waals surface area contributed by atoms with Crippen molar-refractivity contribution >= 4 is 11.7 Å². The van der Waals surface area contributed by atoms with Crippen LogP contribution in [0.4, 0.5) is 5.82 Å². The first kappa shape index (κ1) is 16.3. The Bertz CT molecular complexity index is 555. The molecule has 0 aliphatic heterocycles. The van der Waals surface area contributed by atoms with Gasteiger partial charge in [-0.1, -0.05) is 6.08 Å². The van der Waals surface area contributed by atoms with E-state index < -0.39 is 0 Å². The number of allylic oxidation sites excluding steroid dienone is 1. The van der Waals surface area contributed by atoms with Crippen LogP contribution in [0.15, 0.2) is 18.2 Å². The first-order chi connectivity index (χ1) is 10.5. The van der Waals surface area contributed by atoms with Crippen LogP contribution >= 0.6 is 0 Å². The maximum atomic E-state index is 12.0. The molecule has 0 spiro atoms. The van der Waals surface area contributed by atoms with E-state index in [0.717, 1.165) is 11.5 Å². The number of ether oxygens (including phenoxy) is 1. The van der Waals surface area contributed by atoms with Crippen LogP contribution in [0.5, 0.6) is 6.01 Å². The smallest absolute Gasteiger partial charge is 0.318 e. The molecule has 0 bridgehead atoms. The molecule has 1 aromatic heterocycles. The Labute approximate surface area is 131 Å². The minimum absolute atomic E-state index is 0.0525. The minimum atomic E-state index is 0.0525. The van der Waals surface area contributed by atoms with Crippen LogP contribution in [-0.2, 0) is 4.79 Å². The zero-order chi connectivity index (χ0) is 16.1. The molecule has 1 amide bonds. The fraction of sp³-hybridized carbons (Fsp3) is 0.562. The third-order valence-corrected chi connectivity index (χ3v) is 3.67. The number of hydrogen-bond acceptors (Lipinski definition) is 5. The molecular formula is C16H24N4O2. The highest BCUT2D eigenvalue weighted by molar-refractivity contribution is 5.87. The largest absolute Gasteiger partial charge is 0.467 e. The van der Waals surface area contributed by atoms with E-state index >= 15 is 0 Å². The van der Waals surface area contributed by atoms with Gasteiger partial charge in [0, 0.05) is 38.9 Å². The van der Waals surface area contributed by atoms with Crippen molar-refractivity contribution in [3.8, 4) is 6.01 Å². The maximum Gasteiger partial charge on any atom is 0.318 e. The second kappa shape index (κ2) is 7.24. The number of amides is 1. The summed E-state index contributed by atoms with van der Waals surface area (Å²) in [6.07, 6.45) is 6.13. The molecule has 0 radical (unpaired) electrons. The lowest BCUT2D eigenvalue weighted by atomic mass is 10.3. The SMILES string of the molecule is COc1nc(C)cc(N(C)CCN(C)C(=O)/C=C/C2CC2)n1. The van der Waals surface area contributed by atoms with E-state index in [1.54, 1.807) is 18.1 Å². The molecule has 22 heavy (non-hydrogen) atoms. The van der Waals surface area contributed by atoms with Crippen LogP contribution < -0.4 is 9.64 Å². The van der Waals surface area contributed by atoms with Gasteiger partial charge in [-0.2, -0.15) is 4.98 Å². The highest BCUT2D eigenvalue weighted by Crippen LogP contribution is 2.29. The quantitative estimate of drug-likeness (QED) is 0.717. The summed E-state index contributed by atoms with van der Waals surface area (Å²) < 4.78 is 5.09. The Morgan fingerprint density at radius 3 is 2.73 bits per heavy atom. The maximum absolute atomic E-state index is 12.0. The molecule has 0 aromatic carbocycles. The lowest BCUT2D eigenvalue weighted by Gasteiger charge is -2.22. The van der Waals surface area contributed by atoms with Crippen molar-refractivity contribution in [2.45, 2.75) is 19.8 Å². The molecule has 6 nitrogen and oxygen atoms in total. The van der Waals surface area contributed by atoms with E-state index in [1.807, 2.05) is 38.1 Å². The van der Waals surface area contributed by atoms with Gasteiger partial charge in [0.1, 0.15) is 5.82 Å². The summed E-state index contributed by atoms with van der Waals surface area (Å²) in [5.74, 6) is 1.46. The molecule has 0 atom stereocenters. The molecule has 0 saturated heterocycles. The van der Waals surface area contributed by atoms with E-state index in [1.165, 1.54) is 12.8 Å². The number of methoxy groups -OCH3 is 1. The second-order valence-corrected chi connectivity index (χ2v) is 5.73. The normalized spacial score (nSPS) is 14.2. The van der Waals surface area contributed by atoms with Crippen molar-refractivity contribution < 1.29 is 9.53 Å². The zero-order valence-electron chi connectivity index (χ0n) is 13.7. The Morgan fingerprint density at radius 1 is 1.36 bits per heavy atom. The summed E-state index contributed by atoms with van der Waals surface area (Å²) in [6.45, 7) is 3.23. The molecule has 1 saturated carbocycles. The van der Waals surface area contributed by atoms with Crippen molar-refractivity contribution in [2.24, 2.45) is 5.92 Å². The molecule has 2 rings (SSSR count). The summed E-state index contributed by atoms with van der Waals surface area (Å²) in [4.78, 5) is 24.2. The topological polar surface area (TPSA) is 58.6 Å². The van der Waals surface area contributed by atoms with E-state index in [-0.39, 0.29) is 5.91 Å². The van der Waals surface area contributed by atoms with Gasteiger partial charge in [0.2, 0.25) is 5.91 Å². The third-order valence-electron chi connectivity index (χ3n) is 3.67. The average Bonchev–Trinajstić information content (AvgIpc) is 3.33. The molecule has 1 aliphatic carbocycles. The van der Waals surface area contributed by atoms with Crippen molar-refractivity contribution in [3.63, 3.8) is 0 Å². The number of rotatable bonds is 7. The number of carbonyl (C=O) groups is 1. The second-order valence-electron chi connectivity index (χ2n) is 5.73. The molecule has 6 heteroatoms. The predicted octanol–water partition coefficient (Wildman–Crippen LogP) is 1.65. The first-order valence-electron chi connectivity index (χ1n) is 7.53. The van der Waals surface area contributed by atoms with Crippen molar-refractivity contribution in [3.05, 3.63) is 23.9 Å². The predicted molar refractivity (Wildman–Crippen MR) is 86.1 cm³/mol. The number of likely N-dealkylation sites (N-methyl/N-ethyl adjacent to an activating group) is 2.